The van der Waals surface area contributed by atoms with Crippen LogP contribution in [0.3, 0.4) is 0 Å². The van der Waals surface area contributed by atoms with Crippen LogP contribution in [0.15, 0.2) is 24.3 Å². The van der Waals surface area contributed by atoms with Crippen molar-refractivity contribution in [2.24, 2.45) is 11.8 Å². The molecule has 20 heavy (non-hydrogen) atoms. The summed E-state index contributed by atoms with van der Waals surface area (Å²) in [6.45, 7) is 0. The third-order valence-corrected chi connectivity index (χ3v) is 3.85. The Morgan fingerprint density at radius 2 is 1.70 bits per heavy atom. The van der Waals surface area contributed by atoms with Gasteiger partial charge in [-0.3, -0.25) is 14.4 Å². The van der Waals surface area contributed by atoms with Gasteiger partial charge in [0.2, 0.25) is 0 Å². The van der Waals surface area contributed by atoms with Crippen molar-refractivity contribution in [2.45, 2.75) is 12.3 Å². The molecule has 3 unspecified atom stereocenters. The maximum absolute atomic E-state index is 11.8. The van der Waals surface area contributed by atoms with Crippen LogP contribution in [0, 0.1) is 11.8 Å². The second-order valence-electron chi connectivity index (χ2n) is 4.81. The minimum absolute atomic E-state index is 0.0766. The van der Waals surface area contributed by atoms with Crippen molar-refractivity contribution in [2.75, 3.05) is 14.2 Å². The van der Waals surface area contributed by atoms with E-state index in [9.17, 15) is 14.4 Å². The molecule has 1 saturated carbocycles. The van der Waals surface area contributed by atoms with E-state index in [1.54, 1.807) is 24.3 Å². The average Bonchev–Trinajstić information content (AvgIpc) is 2.46. The van der Waals surface area contributed by atoms with Gasteiger partial charge >= 0.3 is 11.9 Å². The molecule has 2 rings (SSSR count). The van der Waals surface area contributed by atoms with E-state index < -0.39 is 17.8 Å². The van der Waals surface area contributed by atoms with Crippen molar-refractivity contribution in [3.8, 4) is 0 Å². The number of aldehydes is 1. The molecule has 0 heterocycles. The van der Waals surface area contributed by atoms with Gasteiger partial charge < -0.3 is 9.47 Å². The summed E-state index contributed by atoms with van der Waals surface area (Å²) in [6, 6.07) is 7.00. The third kappa shape index (κ3) is 2.43. The first-order chi connectivity index (χ1) is 9.62. The number of carbonyl (C=O) groups is 3. The van der Waals surface area contributed by atoms with Gasteiger partial charge in [0.25, 0.3) is 0 Å². The first-order valence-electron chi connectivity index (χ1n) is 6.33. The van der Waals surface area contributed by atoms with E-state index in [2.05, 4.69) is 0 Å². The topological polar surface area (TPSA) is 69.7 Å². The van der Waals surface area contributed by atoms with E-state index in [1.807, 2.05) is 0 Å². The summed E-state index contributed by atoms with van der Waals surface area (Å²) in [5.74, 6) is -1.85. The van der Waals surface area contributed by atoms with Gasteiger partial charge in [0.1, 0.15) is 6.29 Å². The van der Waals surface area contributed by atoms with E-state index in [0.29, 0.717) is 12.0 Å². The Hall–Kier alpha value is -2.17. The summed E-state index contributed by atoms with van der Waals surface area (Å²) in [5.41, 5.74) is 1.50. The molecule has 0 radical (unpaired) electrons. The molecular formula is C15H16O5. The van der Waals surface area contributed by atoms with Gasteiger partial charge in [-0.25, -0.2) is 0 Å². The Bertz CT molecular complexity index is 520. The molecule has 106 valence electrons. The van der Waals surface area contributed by atoms with Crippen molar-refractivity contribution in [1.82, 2.24) is 0 Å². The van der Waals surface area contributed by atoms with Crippen molar-refractivity contribution in [3.63, 3.8) is 0 Å². The van der Waals surface area contributed by atoms with Gasteiger partial charge in [0, 0.05) is 5.56 Å². The summed E-state index contributed by atoms with van der Waals surface area (Å²) < 4.78 is 9.48. The lowest BCUT2D eigenvalue weighted by molar-refractivity contribution is -0.166. The maximum atomic E-state index is 11.8. The SMILES string of the molecule is COC(=O)C1CC(c2ccc(C=O)cc2)C1C(=O)OC. The minimum atomic E-state index is -0.519. The van der Waals surface area contributed by atoms with Gasteiger partial charge in [-0.1, -0.05) is 24.3 Å². The van der Waals surface area contributed by atoms with Crippen molar-refractivity contribution < 1.29 is 23.9 Å². The lowest BCUT2D eigenvalue weighted by Gasteiger charge is -2.41. The van der Waals surface area contributed by atoms with E-state index in [-0.39, 0.29) is 11.9 Å². The van der Waals surface area contributed by atoms with E-state index in [1.165, 1.54) is 14.2 Å². The zero-order valence-electron chi connectivity index (χ0n) is 11.4. The predicted octanol–water partition coefficient (Wildman–Crippen LogP) is 1.56. The molecule has 1 aromatic carbocycles. The van der Waals surface area contributed by atoms with Gasteiger partial charge in [-0.2, -0.15) is 0 Å². The smallest absolute Gasteiger partial charge is 0.310 e. The molecule has 0 aliphatic heterocycles. The lowest BCUT2D eigenvalue weighted by Crippen LogP contribution is -2.45. The number of hydrogen-bond donors (Lipinski definition) is 0. The van der Waals surface area contributed by atoms with Crippen LogP contribution < -0.4 is 0 Å². The van der Waals surface area contributed by atoms with Crippen LogP contribution in [0.2, 0.25) is 0 Å². The Morgan fingerprint density at radius 1 is 1.10 bits per heavy atom. The fraction of sp³-hybridized carbons (Fsp3) is 0.400. The van der Waals surface area contributed by atoms with E-state index in [0.717, 1.165) is 11.8 Å². The molecule has 0 spiro atoms. The molecule has 0 aromatic heterocycles. The van der Waals surface area contributed by atoms with Crippen LogP contribution in [-0.2, 0) is 19.1 Å². The first-order valence-corrected chi connectivity index (χ1v) is 6.33. The van der Waals surface area contributed by atoms with Crippen molar-refractivity contribution in [1.29, 1.82) is 0 Å². The third-order valence-electron chi connectivity index (χ3n) is 3.85. The fourth-order valence-corrected chi connectivity index (χ4v) is 2.68. The summed E-state index contributed by atoms with van der Waals surface area (Å²) in [5, 5.41) is 0. The molecule has 5 nitrogen and oxygen atoms in total. The zero-order valence-corrected chi connectivity index (χ0v) is 11.4. The predicted molar refractivity (Wildman–Crippen MR) is 70.2 cm³/mol. The first kappa shape index (κ1) is 14.2. The van der Waals surface area contributed by atoms with E-state index >= 15 is 0 Å². The second-order valence-corrected chi connectivity index (χ2v) is 4.81. The zero-order chi connectivity index (χ0) is 14.7. The Kier molecular flexibility index (Phi) is 4.17. The number of methoxy groups -OCH3 is 2. The number of esters is 2. The quantitative estimate of drug-likeness (QED) is 0.616. The molecule has 0 N–H and O–H groups in total. The molecular weight excluding hydrogens is 260 g/mol. The summed E-state index contributed by atoms with van der Waals surface area (Å²) in [6.07, 6.45) is 1.31. The number of benzene rings is 1. The number of hydrogen-bond acceptors (Lipinski definition) is 5. The van der Waals surface area contributed by atoms with Crippen LogP contribution in [0.5, 0.6) is 0 Å². The van der Waals surface area contributed by atoms with Gasteiger partial charge in [0.15, 0.2) is 0 Å². The highest BCUT2D eigenvalue weighted by molar-refractivity contribution is 5.85. The highest BCUT2D eigenvalue weighted by atomic mass is 16.5. The largest absolute Gasteiger partial charge is 0.469 e. The molecule has 1 aliphatic carbocycles. The molecule has 1 aromatic rings. The second kappa shape index (κ2) is 5.86. The average molecular weight is 276 g/mol. The van der Waals surface area contributed by atoms with Crippen LogP contribution in [0.1, 0.15) is 28.3 Å². The summed E-state index contributed by atoms with van der Waals surface area (Å²) in [4.78, 5) is 34.1. The van der Waals surface area contributed by atoms with Gasteiger partial charge in [-0.05, 0) is 17.9 Å². The fourth-order valence-electron chi connectivity index (χ4n) is 2.68. The molecule has 0 saturated heterocycles. The standard InChI is InChI=1S/C15H16O5/c1-19-14(17)12-7-11(13(12)15(18)20-2)10-5-3-9(8-16)4-6-10/h3-6,8,11-13H,7H2,1-2H3. The highest BCUT2D eigenvalue weighted by Gasteiger charge is 2.51. The molecule has 5 heteroatoms. The molecule has 0 amide bonds. The van der Waals surface area contributed by atoms with Crippen molar-refractivity contribution in [3.05, 3.63) is 35.4 Å². The summed E-state index contributed by atoms with van der Waals surface area (Å²) >= 11 is 0. The summed E-state index contributed by atoms with van der Waals surface area (Å²) in [7, 11) is 2.62. The molecule has 1 fully saturated rings. The monoisotopic (exact) mass is 276 g/mol. The molecule has 3 atom stereocenters. The number of carbonyl (C=O) groups excluding carboxylic acids is 3. The minimum Gasteiger partial charge on any atom is -0.469 e. The Morgan fingerprint density at radius 3 is 2.20 bits per heavy atom. The lowest BCUT2D eigenvalue weighted by atomic mass is 9.62. The van der Waals surface area contributed by atoms with Gasteiger partial charge in [0.05, 0.1) is 26.1 Å². The van der Waals surface area contributed by atoms with Crippen LogP contribution >= 0.6 is 0 Å². The highest BCUT2D eigenvalue weighted by Crippen LogP contribution is 2.48. The maximum Gasteiger partial charge on any atom is 0.310 e. The number of rotatable bonds is 4. The molecule has 0 bridgehead atoms. The van der Waals surface area contributed by atoms with Crippen LogP contribution in [0.25, 0.3) is 0 Å². The van der Waals surface area contributed by atoms with Crippen LogP contribution in [0.4, 0.5) is 0 Å². The Balaban J connectivity index is 2.21. The Labute approximate surface area is 116 Å². The normalized spacial score (nSPS) is 24.4. The van der Waals surface area contributed by atoms with Gasteiger partial charge in [-0.15, -0.1) is 0 Å². The van der Waals surface area contributed by atoms with Crippen LogP contribution in [-0.4, -0.2) is 32.4 Å². The molecule has 1 aliphatic rings. The van der Waals surface area contributed by atoms with Crippen molar-refractivity contribution >= 4 is 18.2 Å². The number of ether oxygens (including phenoxy) is 2. The van der Waals surface area contributed by atoms with E-state index in [4.69, 9.17) is 9.47 Å².